The first-order valence-electron chi connectivity index (χ1n) is 12.5. The van der Waals surface area contributed by atoms with Crippen molar-refractivity contribution in [2.24, 2.45) is 39.8 Å². The largest absolute Gasteiger partial charge is 0.480 e. The molecule has 0 aromatic carbocycles. The van der Waals surface area contributed by atoms with Crippen molar-refractivity contribution in [1.82, 2.24) is 16.0 Å². The van der Waals surface area contributed by atoms with Crippen LogP contribution in [0.5, 0.6) is 0 Å². The van der Waals surface area contributed by atoms with Gasteiger partial charge in [-0.15, -0.1) is 0 Å². The summed E-state index contributed by atoms with van der Waals surface area (Å²) in [5, 5.41) is 17.1. The lowest BCUT2D eigenvalue weighted by Crippen LogP contribution is -2.58. The van der Waals surface area contributed by atoms with Crippen LogP contribution in [0.3, 0.4) is 0 Å². The molecule has 0 saturated carbocycles. The SMILES string of the molecule is CCC(C)C(N)C(=O)NC(CCC(N)=O)C(=O)NC(CCCN=C(N)N)C(=O)NC(C(=O)O)C(C)CC. The first-order valence-corrected chi connectivity index (χ1v) is 12.5. The fourth-order valence-electron chi connectivity index (χ4n) is 3.32. The van der Waals surface area contributed by atoms with E-state index in [1.165, 1.54) is 0 Å². The number of hydrogen-bond acceptors (Lipinski definition) is 7. The third-order valence-electron chi connectivity index (χ3n) is 6.23. The molecule has 0 fully saturated rings. The quantitative estimate of drug-likeness (QED) is 0.0569. The molecule has 0 heterocycles. The Hall–Kier alpha value is -3.42. The van der Waals surface area contributed by atoms with E-state index in [0.717, 1.165) is 0 Å². The summed E-state index contributed by atoms with van der Waals surface area (Å²) in [7, 11) is 0. The lowest BCUT2D eigenvalue weighted by atomic mass is 9.98. The fraction of sp³-hybridized carbons (Fsp3) is 0.739. The van der Waals surface area contributed by atoms with E-state index in [0.29, 0.717) is 12.8 Å². The number of carboxylic acids is 1. The molecule has 0 aromatic rings. The van der Waals surface area contributed by atoms with Crippen LogP contribution in [0, 0.1) is 11.8 Å². The number of carbonyl (C=O) groups excluding carboxylic acids is 4. The number of rotatable bonds is 18. The Morgan fingerprint density at radius 3 is 1.81 bits per heavy atom. The Morgan fingerprint density at radius 2 is 1.32 bits per heavy atom. The molecule has 0 saturated heterocycles. The summed E-state index contributed by atoms with van der Waals surface area (Å²) in [6.07, 6.45) is 1.17. The highest BCUT2D eigenvalue weighted by atomic mass is 16.4. The predicted octanol–water partition coefficient (Wildman–Crippen LogP) is -1.74. The molecule has 37 heavy (non-hydrogen) atoms. The van der Waals surface area contributed by atoms with Crippen molar-refractivity contribution < 1.29 is 29.1 Å². The third kappa shape index (κ3) is 12.9. The minimum absolute atomic E-state index is 0.0735. The van der Waals surface area contributed by atoms with Crippen molar-refractivity contribution >= 4 is 35.6 Å². The van der Waals surface area contributed by atoms with Crippen LogP contribution < -0.4 is 38.9 Å². The molecular formula is C23H44N8O6. The molecule has 6 unspecified atom stereocenters. The molecule has 0 rings (SSSR count). The van der Waals surface area contributed by atoms with Crippen LogP contribution in [0.4, 0.5) is 0 Å². The number of aliphatic carboxylic acids is 1. The van der Waals surface area contributed by atoms with Crippen molar-refractivity contribution in [1.29, 1.82) is 0 Å². The summed E-state index contributed by atoms with van der Waals surface area (Å²) < 4.78 is 0. The standard InChI is InChI=1S/C23H44N8O6/c1-5-12(3)17(25)21(35)30-15(9-10-16(24)32)19(33)29-14(8-7-11-28-23(26)27)20(34)31-18(22(36)37)13(4)6-2/h12-15,17-18H,5-11,25H2,1-4H3,(H2,24,32)(H,29,33)(H,30,35)(H,31,34)(H,36,37)(H4,26,27,28). The molecule has 0 aliphatic heterocycles. The Morgan fingerprint density at radius 1 is 0.811 bits per heavy atom. The Kier molecular flexibility index (Phi) is 15.5. The summed E-state index contributed by atoms with van der Waals surface area (Å²) in [5.41, 5.74) is 21.8. The maximum absolute atomic E-state index is 13.1. The van der Waals surface area contributed by atoms with Crippen molar-refractivity contribution in [2.75, 3.05) is 6.54 Å². The molecule has 4 amide bonds. The van der Waals surface area contributed by atoms with Crippen LogP contribution in [0.15, 0.2) is 4.99 Å². The second kappa shape index (κ2) is 17.1. The van der Waals surface area contributed by atoms with Gasteiger partial charge in [-0.05, 0) is 31.1 Å². The molecule has 0 aromatic heterocycles. The van der Waals surface area contributed by atoms with Gasteiger partial charge in [0.15, 0.2) is 5.96 Å². The number of hydrogen-bond donors (Lipinski definition) is 8. The topological polar surface area (TPSA) is 258 Å². The van der Waals surface area contributed by atoms with Crippen molar-refractivity contribution in [2.45, 2.75) is 90.4 Å². The number of carbonyl (C=O) groups is 5. The second-order valence-corrected chi connectivity index (χ2v) is 9.20. The first-order chi connectivity index (χ1) is 17.2. The smallest absolute Gasteiger partial charge is 0.326 e. The first kappa shape index (κ1) is 33.6. The molecule has 14 heteroatoms. The molecule has 0 aliphatic rings. The zero-order valence-corrected chi connectivity index (χ0v) is 22.2. The van der Waals surface area contributed by atoms with Crippen LogP contribution in [0.25, 0.3) is 0 Å². The van der Waals surface area contributed by atoms with Gasteiger partial charge in [0.2, 0.25) is 23.6 Å². The van der Waals surface area contributed by atoms with Crippen molar-refractivity contribution in [3.63, 3.8) is 0 Å². The number of nitrogens with zero attached hydrogens (tertiary/aromatic N) is 1. The van der Waals surface area contributed by atoms with Gasteiger partial charge >= 0.3 is 5.97 Å². The fourth-order valence-corrected chi connectivity index (χ4v) is 3.32. The lowest BCUT2D eigenvalue weighted by Gasteiger charge is -2.27. The monoisotopic (exact) mass is 528 g/mol. The Bertz CT molecular complexity index is 817. The molecule has 0 bridgehead atoms. The van der Waals surface area contributed by atoms with Gasteiger partial charge in [-0.1, -0.05) is 40.5 Å². The van der Waals surface area contributed by atoms with Crippen LogP contribution in [0.2, 0.25) is 0 Å². The van der Waals surface area contributed by atoms with Gasteiger partial charge in [0.25, 0.3) is 0 Å². The van der Waals surface area contributed by atoms with E-state index in [2.05, 4.69) is 20.9 Å². The van der Waals surface area contributed by atoms with E-state index in [9.17, 15) is 29.1 Å². The predicted molar refractivity (Wildman–Crippen MR) is 139 cm³/mol. The summed E-state index contributed by atoms with van der Waals surface area (Å²) in [6.45, 7) is 7.29. The number of nitrogens with two attached hydrogens (primary N) is 4. The molecule has 12 N–H and O–H groups in total. The van der Waals surface area contributed by atoms with E-state index in [1.54, 1.807) is 20.8 Å². The average molecular weight is 529 g/mol. The summed E-state index contributed by atoms with van der Waals surface area (Å²) in [5.74, 6) is -4.62. The summed E-state index contributed by atoms with van der Waals surface area (Å²) in [4.78, 5) is 65.6. The van der Waals surface area contributed by atoms with Crippen LogP contribution in [-0.4, -0.2) is 71.4 Å². The molecule has 6 atom stereocenters. The number of carboxylic acid groups (broad SMARTS) is 1. The van der Waals surface area contributed by atoms with Crippen LogP contribution in [0.1, 0.15) is 66.2 Å². The van der Waals surface area contributed by atoms with E-state index in [-0.39, 0.29) is 50.0 Å². The highest BCUT2D eigenvalue weighted by Gasteiger charge is 2.32. The van der Waals surface area contributed by atoms with Gasteiger partial charge in [-0.25, -0.2) is 4.79 Å². The zero-order chi connectivity index (χ0) is 28.7. The molecule has 212 valence electrons. The Balaban J connectivity index is 5.78. The van der Waals surface area contributed by atoms with Gasteiger partial charge in [0.1, 0.15) is 18.1 Å². The van der Waals surface area contributed by atoms with Crippen LogP contribution >= 0.6 is 0 Å². The second-order valence-electron chi connectivity index (χ2n) is 9.20. The molecular weight excluding hydrogens is 484 g/mol. The van der Waals surface area contributed by atoms with E-state index < -0.39 is 53.8 Å². The summed E-state index contributed by atoms with van der Waals surface area (Å²) in [6, 6.07) is -4.43. The van der Waals surface area contributed by atoms with Gasteiger partial charge < -0.3 is 44.0 Å². The summed E-state index contributed by atoms with van der Waals surface area (Å²) >= 11 is 0. The van der Waals surface area contributed by atoms with Crippen LogP contribution in [-0.2, 0) is 24.0 Å². The van der Waals surface area contributed by atoms with E-state index >= 15 is 0 Å². The van der Waals surface area contributed by atoms with E-state index in [4.69, 9.17) is 22.9 Å². The normalized spacial score (nSPS) is 15.7. The number of amides is 4. The minimum atomic E-state index is -1.21. The van der Waals surface area contributed by atoms with Gasteiger partial charge in [-0.2, -0.15) is 0 Å². The number of primary amides is 1. The van der Waals surface area contributed by atoms with Crippen molar-refractivity contribution in [3.05, 3.63) is 0 Å². The molecule has 0 aliphatic carbocycles. The average Bonchev–Trinajstić information content (AvgIpc) is 2.84. The van der Waals surface area contributed by atoms with E-state index in [1.807, 2.05) is 6.92 Å². The van der Waals surface area contributed by atoms with Crippen molar-refractivity contribution in [3.8, 4) is 0 Å². The maximum atomic E-state index is 13.1. The highest BCUT2D eigenvalue weighted by molar-refractivity contribution is 5.94. The van der Waals surface area contributed by atoms with Gasteiger partial charge in [0.05, 0.1) is 6.04 Å². The van der Waals surface area contributed by atoms with Gasteiger partial charge in [0, 0.05) is 13.0 Å². The molecule has 14 nitrogen and oxygen atoms in total. The molecule has 0 radical (unpaired) electrons. The number of aliphatic imine (C=N–C) groups is 1. The number of nitrogens with one attached hydrogen (secondary N) is 3. The van der Waals surface area contributed by atoms with Gasteiger partial charge in [-0.3, -0.25) is 24.2 Å². The number of guanidine groups is 1. The lowest BCUT2D eigenvalue weighted by molar-refractivity contribution is -0.144. The highest BCUT2D eigenvalue weighted by Crippen LogP contribution is 2.11. The zero-order valence-electron chi connectivity index (χ0n) is 22.2. The minimum Gasteiger partial charge on any atom is -0.480 e. The third-order valence-corrected chi connectivity index (χ3v) is 6.23. The maximum Gasteiger partial charge on any atom is 0.326 e. The molecule has 0 spiro atoms. The Labute approximate surface area is 217 Å².